The third kappa shape index (κ3) is 2.63. The van der Waals surface area contributed by atoms with Crippen molar-refractivity contribution < 1.29 is 27.2 Å². The van der Waals surface area contributed by atoms with Gasteiger partial charge in [0.2, 0.25) is 11.7 Å². The number of primary amides is 1. The number of amides is 2. The minimum Gasteiger partial charge on any atom is -0.451 e. The minimum atomic E-state index is -4.87. The number of furan rings is 1. The Morgan fingerprint density at radius 2 is 2.00 bits per heavy atom. The summed E-state index contributed by atoms with van der Waals surface area (Å²) in [6.07, 6.45) is -3.14. The highest BCUT2D eigenvalue weighted by atomic mass is 19.4. The van der Waals surface area contributed by atoms with Crippen LogP contribution in [0.3, 0.4) is 0 Å². The molecule has 1 aliphatic heterocycles. The first-order chi connectivity index (χ1) is 13.2. The zero-order valence-corrected chi connectivity index (χ0v) is 14.7. The number of carbonyl (C=O) groups excluding carboxylic acids is 2. The molecule has 146 valence electrons. The molecule has 7 nitrogen and oxygen atoms in total. The number of halogens is 3. The summed E-state index contributed by atoms with van der Waals surface area (Å²) in [4.78, 5) is 26.4. The van der Waals surface area contributed by atoms with E-state index in [4.69, 9.17) is 10.2 Å². The number of nitrogens with zero attached hydrogens (tertiary/aromatic N) is 3. The Labute approximate surface area is 156 Å². The number of para-hydroxylation sites is 1. The molecule has 1 aliphatic rings. The number of carbonyl (C=O) groups is 2. The van der Waals surface area contributed by atoms with E-state index < -0.39 is 35.4 Å². The predicted molar refractivity (Wildman–Crippen MR) is 91.1 cm³/mol. The minimum absolute atomic E-state index is 0.0236. The van der Waals surface area contributed by atoms with Gasteiger partial charge in [-0.25, -0.2) is 0 Å². The van der Waals surface area contributed by atoms with Gasteiger partial charge in [0.1, 0.15) is 11.6 Å². The number of nitrogens with two attached hydrogens (primary N) is 1. The zero-order valence-electron chi connectivity index (χ0n) is 14.7. The van der Waals surface area contributed by atoms with Crippen molar-refractivity contribution in [3.63, 3.8) is 0 Å². The molecule has 0 spiro atoms. The van der Waals surface area contributed by atoms with Crippen LogP contribution in [0, 0.1) is 0 Å². The number of benzene rings is 1. The van der Waals surface area contributed by atoms with Gasteiger partial charge in [0.05, 0.1) is 11.8 Å². The Morgan fingerprint density at radius 1 is 1.29 bits per heavy atom. The lowest BCUT2D eigenvalue weighted by Gasteiger charge is -2.33. The molecule has 0 radical (unpaired) electrons. The van der Waals surface area contributed by atoms with Gasteiger partial charge in [0.15, 0.2) is 0 Å². The number of aryl methyl sites for hydroxylation is 1. The van der Waals surface area contributed by atoms with E-state index in [0.717, 1.165) is 4.90 Å². The quantitative estimate of drug-likeness (QED) is 0.725. The Kier molecular flexibility index (Phi) is 3.95. The Morgan fingerprint density at radius 3 is 2.68 bits per heavy atom. The van der Waals surface area contributed by atoms with Crippen LogP contribution < -0.4 is 5.73 Å². The highest BCUT2D eigenvalue weighted by molar-refractivity contribution is 6.08. The van der Waals surface area contributed by atoms with Gasteiger partial charge in [0, 0.05) is 36.7 Å². The molecule has 0 aliphatic carbocycles. The molecule has 2 N–H and O–H groups in total. The van der Waals surface area contributed by atoms with Crippen molar-refractivity contribution in [1.29, 1.82) is 0 Å². The molecule has 1 unspecified atom stereocenters. The smallest absolute Gasteiger partial charge is 0.450 e. The maximum absolute atomic E-state index is 13.5. The first-order valence-corrected chi connectivity index (χ1v) is 8.40. The van der Waals surface area contributed by atoms with Gasteiger partial charge in [-0.05, 0) is 6.07 Å². The molecule has 4 rings (SSSR count). The fraction of sp³-hybridized carbons (Fsp3) is 0.278. The summed E-state index contributed by atoms with van der Waals surface area (Å²) in [7, 11) is 1.68. The van der Waals surface area contributed by atoms with Crippen molar-refractivity contribution in [2.45, 2.75) is 18.6 Å². The maximum atomic E-state index is 13.5. The van der Waals surface area contributed by atoms with Crippen LogP contribution in [0.15, 0.2) is 34.9 Å². The number of rotatable bonds is 2. The highest BCUT2D eigenvalue weighted by Crippen LogP contribution is 2.40. The summed E-state index contributed by atoms with van der Waals surface area (Å²) in [5.41, 5.74) is 5.93. The van der Waals surface area contributed by atoms with Gasteiger partial charge in [-0.3, -0.25) is 14.3 Å². The Bertz CT molecular complexity index is 1100. The van der Waals surface area contributed by atoms with Crippen molar-refractivity contribution in [3.05, 3.63) is 53.0 Å². The van der Waals surface area contributed by atoms with Gasteiger partial charge in [-0.1, -0.05) is 18.2 Å². The highest BCUT2D eigenvalue weighted by Gasteiger charge is 2.45. The van der Waals surface area contributed by atoms with Crippen LogP contribution in [-0.2, 0) is 24.4 Å². The van der Waals surface area contributed by atoms with E-state index in [2.05, 4.69) is 5.10 Å². The van der Waals surface area contributed by atoms with E-state index in [-0.39, 0.29) is 17.5 Å². The van der Waals surface area contributed by atoms with Crippen molar-refractivity contribution in [2.75, 3.05) is 6.54 Å². The summed E-state index contributed by atoms with van der Waals surface area (Å²) < 4.78 is 47.1. The van der Waals surface area contributed by atoms with Crippen molar-refractivity contribution >= 4 is 22.8 Å². The van der Waals surface area contributed by atoms with Gasteiger partial charge in [0.25, 0.3) is 5.91 Å². The predicted octanol–water partition coefficient (Wildman–Crippen LogP) is 2.41. The Hall–Kier alpha value is -3.30. The third-order valence-corrected chi connectivity index (χ3v) is 4.89. The number of alkyl halides is 3. The van der Waals surface area contributed by atoms with Gasteiger partial charge in [-0.15, -0.1) is 0 Å². The second kappa shape index (κ2) is 6.11. The summed E-state index contributed by atoms with van der Waals surface area (Å²) >= 11 is 0. The summed E-state index contributed by atoms with van der Waals surface area (Å²) in [6, 6.07) is 4.53. The molecule has 2 aromatic heterocycles. The molecule has 1 aromatic carbocycles. The number of fused-ring (bicyclic) bond motifs is 2. The first kappa shape index (κ1) is 18.1. The third-order valence-electron chi connectivity index (χ3n) is 4.89. The lowest BCUT2D eigenvalue weighted by atomic mass is 9.96. The van der Waals surface area contributed by atoms with Crippen molar-refractivity contribution in [1.82, 2.24) is 14.7 Å². The molecule has 3 aromatic rings. The lowest BCUT2D eigenvalue weighted by Crippen LogP contribution is -2.46. The molecule has 2 amide bonds. The number of aromatic nitrogens is 2. The number of hydrogen-bond donors (Lipinski definition) is 1. The molecule has 28 heavy (non-hydrogen) atoms. The standard InChI is InChI=1S/C18H15F3N4O3/c1-24-11-6-7-25(14(16(22)26)10(11)8-23-24)17(27)13-9-4-2-3-5-12(9)28-15(13)18(19,20)21/h2-5,8,14H,6-7H2,1H3,(H2,22,26). The second-order valence-corrected chi connectivity index (χ2v) is 6.52. The van der Waals surface area contributed by atoms with Gasteiger partial charge >= 0.3 is 6.18 Å². The monoisotopic (exact) mass is 392 g/mol. The van der Waals surface area contributed by atoms with Gasteiger partial charge in [-0.2, -0.15) is 18.3 Å². The average Bonchev–Trinajstić information content (AvgIpc) is 3.21. The van der Waals surface area contributed by atoms with Crippen LogP contribution >= 0.6 is 0 Å². The topological polar surface area (TPSA) is 94.4 Å². The maximum Gasteiger partial charge on any atom is 0.450 e. The molecular weight excluding hydrogens is 377 g/mol. The van der Waals surface area contributed by atoms with E-state index in [1.165, 1.54) is 30.5 Å². The SMILES string of the molecule is Cn1ncc2c1CCN(C(=O)c1c(C(F)(F)F)oc3ccccc13)C2C(N)=O. The molecule has 0 saturated carbocycles. The van der Waals surface area contributed by atoms with E-state index in [1.54, 1.807) is 11.7 Å². The fourth-order valence-electron chi connectivity index (χ4n) is 3.66. The van der Waals surface area contributed by atoms with Crippen LogP contribution in [0.25, 0.3) is 11.0 Å². The summed E-state index contributed by atoms with van der Waals surface area (Å²) in [5, 5.41) is 4.09. The number of hydrogen-bond acceptors (Lipinski definition) is 4. The van der Waals surface area contributed by atoms with Crippen molar-refractivity contribution in [3.8, 4) is 0 Å². The van der Waals surface area contributed by atoms with E-state index >= 15 is 0 Å². The average molecular weight is 392 g/mol. The van der Waals surface area contributed by atoms with E-state index in [0.29, 0.717) is 17.7 Å². The second-order valence-electron chi connectivity index (χ2n) is 6.52. The molecule has 10 heteroatoms. The van der Waals surface area contributed by atoms with Crippen LogP contribution in [0.4, 0.5) is 13.2 Å². The largest absolute Gasteiger partial charge is 0.451 e. The molecule has 3 heterocycles. The van der Waals surface area contributed by atoms with E-state index in [9.17, 15) is 22.8 Å². The van der Waals surface area contributed by atoms with Crippen LogP contribution in [0.1, 0.15) is 33.4 Å². The molecule has 0 fully saturated rings. The molecule has 0 bridgehead atoms. The van der Waals surface area contributed by atoms with Gasteiger partial charge < -0.3 is 15.1 Å². The van der Waals surface area contributed by atoms with Crippen LogP contribution in [0.5, 0.6) is 0 Å². The van der Waals surface area contributed by atoms with E-state index in [1.807, 2.05) is 0 Å². The zero-order chi connectivity index (χ0) is 20.2. The normalized spacial score (nSPS) is 17.0. The van der Waals surface area contributed by atoms with Crippen LogP contribution in [-0.4, -0.2) is 33.0 Å². The fourth-order valence-corrected chi connectivity index (χ4v) is 3.66. The Balaban J connectivity index is 1.87. The lowest BCUT2D eigenvalue weighted by molar-refractivity contribution is -0.152. The molecule has 0 saturated heterocycles. The first-order valence-electron chi connectivity index (χ1n) is 8.40. The van der Waals surface area contributed by atoms with Crippen LogP contribution in [0.2, 0.25) is 0 Å². The summed E-state index contributed by atoms with van der Waals surface area (Å²) in [5.74, 6) is -3.20. The molecule has 1 atom stereocenters. The van der Waals surface area contributed by atoms with Crippen molar-refractivity contribution in [2.24, 2.45) is 12.8 Å². The summed E-state index contributed by atoms with van der Waals surface area (Å²) in [6.45, 7) is 0.0236. The molecular formula is C18H15F3N4O3.